The van der Waals surface area contributed by atoms with E-state index in [1.807, 2.05) is 32.0 Å². The number of carbonyl (C=O) groups is 2. The van der Waals surface area contributed by atoms with Crippen molar-refractivity contribution in [3.63, 3.8) is 0 Å². The minimum atomic E-state index is -0.178. The summed E-state index contributed by atoms with van der Waals surface area (Å²) in [5.41, 5.74) is 4.82. The maximum atomic E-state index is 12.7. The molecule has 0 radical (unpaired) electrons. The summed E-state index contributed by atoms with van der Waals surface area (Å²) in [5, 5.41) is 6.50. The van der Waals surface area contributed by atoms with Crippen molar-refractivity contribution in [1.82, 2.24) is 4.98 Å². The first-order valence-corrected chi connectivity index (χ1v) is 7.72. The lowest BCUT2D eigenvalue weighted by Gasteiger charge is -2.08. The number of H-pyrrole nitrogens is 1. The Morgan fingerprint density at radius 2 is 1.67 bits per heavy atom. The van der Waals surface area contributed by atoms with E-state index in [-0.39, 0.29) is 11.8 Å². The van der Waals surface area contributed by atoms with Crippen LogP contribution in [0.15, 0.2) is 42.5 Å². The van der Waals surface area contributed by atoms with Crippen molar-refractivity contribution in [2.24, 2.45) is 0 Å². The van der Waals surface area contributed by atoms with Gasteiger partial charge < -0.3 is 15.6 Å². The highest BCUT2D eigenvalue weighted by Gasteiger charge is 2.16. The molecule has 1 aromatic heterocycles. The molecule has 0 aliphatic rings. The number of aryl methyl sites for hydroxylation is 2. The lowest BCUT2D eigenvalue weighted by Crippen LogP contribution is -2.13. The highest BCUT2D eigenvalue weighted by atomic mass is 16.2. The average Bonchev–Trinajstić information content (AvgIpc) is 2.81. The Kier molecular flexibility index (Phi) is 4.08. The van der Waals surface area contributed by atoms with Crippen LogP contribution in [0.25, 0.3) is 10.9 Å². The second-order valence-corrected chi connectivity index (χ2v) is 5.89. The van der Waals surface area contributed by atoms with Gasteiger partial charge in [0.25, 0.3) is 5.91 Å². The second-order valence-electron chi connectivity index (χ2n) is 5.89. The van der Waals surface area contributed by atoms with Crippen LogP contribution in [0.3, 0.4) is 0 Å². The third-order valence-corrected chi connectivity index (χ3v) is 3.81. The minimum Gasteiger partial charge on any atom is -0.358 e. The molecule has 0 fully saturated rings. The molecule has 1 heterocycles. The fourth-order valence-corrected chi connectivity index (χ4v) is 2.81. The zero-order chi connectivity index (χ0) is 17.3. The normalized spacial score (nSPS) is 10.6. The molecular weight excluding hydrogens is 302 g/mol. The van der Waals surface area contributed by atoms with Gasteiger partial charge in [-0.1, -0.05) is 18.2 Å². The van der Waals surface area contributed by atoms with Crippen LogP contribution in [0, 0.1) is 13.8 Å². The molecule has 0 saturated heterocycles. The molecule has 3 rings (SSSR count). The number of amides is 2. The summed E-state index contributed by atoms with van der Waals surface area (Å²) in [6.07, 6.45) is 0. The highest BCUT2D eigenvalue weighted by Crippen LogP contribution is 2.24. The lowest BCUT2D eigenvalue weighted by atomic mass is 10.1. The fourth-order valence-electron chi connectivity index (χ4n) is 2.81. The molecule has 0 spiro atoms. The van der Waals surface area contributed by atoms with Crippen molar-refractivity contribution >= 4 is 34.1 Å². The van der Waals surface area contributed by atoms with Crippen LogP contribution in [0.5, 0.6) is 0 Å². The Hall–Kier alpha value is -3.08. The molecule has 3 N–H and O–H groups in total. The zero-order valence-corrected chi connectivity index (χ0v) is 13.9. The Balaban J connectivity index is 1.90. The Morgan fingerprint density at radius 3 is 2.38 bits per heavy atom. The standard InChI is InChI=1S/C19H19N3O2/c1-11-7-8-16-17(9-11)20-12(2)18(16)19(24)22-15-6-4-5-14(10-15)21-13(3)23/h4-10,20H,1-3H3,(H,21,23)(H,22,24). The maximum absolute atomic E-state index is 12.7. The number of aromatic amines is 1. The lowest BCUT2D eigenvalue weighted by molar-refractivity contribution is -0.114. The van der Waals surface area contributed by atoms with Gasteiger partial charge in [0.1, 0.15) is 0 Å². The van der Waals surface area contributed by atoms with Crippen molar-refractivity contribution in [3.8, 4) is 0 Å². The predicted molar refractivity (Wildman–Crippen MR) is 96.5 cm³/mol. The average molecular weight is 321 g/mol. The van der Waals surface area contributed by atoms with Crippen molar-refractivity contribution in [1.29, 1.82) is 0 Å². The van der Waals surface area contributed by atoms with Gasteiger partial charge in [-0.2, -0.15) is 0 Å². The van der Waals surface area contributed by atoms with Gasteiger partial charge in [-0.25, -0.2) is 0 Å². The number of aromatic nitrogens is 1. The number of carbonyl (C=O) groups excluding carboxylic acids is 2. The van der Waals surface area contributed by atoms with Crippen LogP contribution in [0.4, 0.5) is 11.4 Å². The van der Waals surface area contributed by atoms with Gasteiger partial charge >= 0.3 is 0 Å². The quantitative estimate of drug-likeness (QED) is 0.682. The van der Waals surface area contributed by atoms with Crippen LogP contribution in [-0.2, 0) is 4.79 Å². The number of rotatable bonds is 3. The smallest absolute Gasteiger partial charge is 0.258 e. The fraction of sp³-hybridized carbons (Fsp3) is 0.158. The topological polar surface area (TPSA) is 74.0 Å². The van der Waals surface area contributed by atoms with Gasteiger partial charge in [0.2, 0.25) is 5.91 Å². The van der Waals surface area contributed by atoms with E-state index < -0.39 is 0 Å². The SMILES string of the molecule is CC(=O)Nc1cccc(NC(=O)c2c(C)[nH]c3cc(C)ccc23)c1. The Labute approximate surface area is 140 Å². The maximum Gasteiger partial charge on any atom is 0.258 e. The van der Waals surface area contributed by atoms with E-state index >= 15 is 0 Å². The molecule has 2 amide bonds. The van der Waals surface area contributed by atoms with Gasteiger partial charge in [-0.15, -0.1) is 0 Å². The van der Waals surface area contributed by atoms with Crippen LogP contribution >= 0.6 is 0 Å². The van der Waals surface area contributed by atoms with Crippen LogP contribution in [0.2, 0.25) is 0 Å². The monoisotopic (exact) mass is 321 g/mol. The highest BCUT2D eigenvalue weighted by molar-refractivity contribution is 6.14. The van der Waals surface area contributed by atoms with Gasteiger partial charge in [0.15, 0.2) is 0 Å². The Bertz CT molecular complexity index is 941. The summed E-state index contributed by atoms with van der Waals surface area (Å²) < 4.78 is 0. The van der Waals surface area contributed by atoms with E-state index in [0.29, 0.717) is 16.9 Å². The van der Waals surface area contributed by atoms with E-state index in [0.717, 1.165) is 22.2 Å². The van der Waals surface area contributed by atoms with Crippen molar-refractivity contribution in [2.45, 2.75) is 20.8 Å². The van der Waals surface area contributed by atoms with Gasteiger partial charge in [0, 0.05) is 34.9 Å². The summed E-state index contributed by atoms with van der Waals surface area (Å²) in [6, 6.07) is 13.0. The molecule has 0 unspecified atom stereocenters. The van der Waals surface area contributed by atoms with E-state index in [2.05, 4.69) is 15.6 Å². The number of hydrogen-bond donors (Lipinski definition) is 3. The molecule has 2 aromatic carbocycles. The largest absolute Gasteiger partial charge is 0.358 e. The summed E-state index contributed by atoms with van der Waals surface area (Å²) >= 11 is 0. The molecule has 5 heteroatoms. The van der Waals surface area contributed by atoms with E-state index in [4.69, 9.17) is 0 Å². The molecule has 0 atom stereocenters. The van der Waals surface area contributed by atoms with Crippen LogP contribution < -0.4 is 10.6 Å². The van der Waals surface area contributed by atoms with Crippen molar-refractivity contribution in [3.05, 3.63) is 59.3 Å². The van der Waals surface area contributed by atoms with Crippen molar-refractivity contribution in [2.75, 3.05) is 10.6 Å². The molecule has 5 nitrogen and oxygen atoms in total. The van der Waals surface area contributed by atoms with Gasteiger partial charge in [-0.3, -0.25) is 9.59 Å². The summed E-state index contributed by atoms with van der Waals surface area (Å²) in [5.74, 6) is -0.330. The van der Waals surface area contributed by atoms with Crippen molar-refractivity contribution < 1.29 is 9.59 Å². The second kappa shape index (κ2) is 6.20. The third kappa shape index (κ3) is 3.15. The molecular formula is C19H19N3O2. The van der Waals surface area contributed by atoms with E-state index in [9.17, 15) is 9.59 Å². The molecule has 122 valence electrons. The minimum absolute atomic E-state index is 0.152. The molecule has 24 heavy (non-hydrogen) atoms. The molecule has 0 aliphatic heterocycles. The molecule has 0 saturated carbocycles. The third-order valence-electron chi connectivity index (χ3n) is 3.81. The summed E-state index contributed by atoms with van der Waals surface area (Å²) in [4.78, 5) is 27.1. The Morgan fingerprint density at radius 1 is 0.958 bits per heavy atom. The number of benzene rings is 2. The number of nitrogens with one attached hydrogen (secondary N) is 3. The number of hydrogen-bond acceptors (Lipinski definition) is 2. The summed E-state index contributed by atoms with van der Waals surface area (Å²) in [7, 11) is 0. The van der Waals surface area contributed by atoms with Gasteiger partial charge in [0.05, 0.1) is 5.56 Å². The summed E-state index contributed by atoms with van der Waals surface area (Å²) in [6.45, 7) is 5.35. The number of anilines is 2. The number of fused-ring (bicyclic) bond motifs is 1. The molecule has 3 aromatic rings. The van der Waals surface area contributed by atoms with Crippen LogP contribution in [0.1, 0.15) is 28.5 Å². The van der Waals surface area contributed by atoms with E-state index in [1.54, 1.807) is 24.3 Å². The molecule has 0 aliphatic carbocycles. The van der Waals surface area contributed by atoms with Crippen LogP contribution in [-0.4, -0.2) is 16.8 Å². The van der Waals surface area contributed by atoms with Gasteiger partial charge in [-0.05, 0) is 43.7 Å². The first-order valence-electron chi connectivity index (χ1n) is 7.72. The zero-order valence-electron chi connectivity index (χ0n) is 13.9. The first-order chi connectivity index (χ1) is 11.4. The molecule has 0 bridgehead atoms. The van der Waals surface area contributed by atoms with E-state index in [1.165, 1.54) is 6.92 Å². The predicted octanol–water partition coefficient (Wildman–Crippen LogP) is 4.00. The first kappa shape index (κ1) is 15.8.